The Morgan fingerprint density at radius 3 is 2.32 bits per heavy atom. The molecule has 1 heterocycles. The van der Waals surface area contributed by atoms with E-state index in [4.69, 9.17) is 11.6 Å². The molecule has 5 aliphatic rings. The van der Waals surface area contributed by atoms with Crippen LogP contribution >= 0.6 is 11.6 Å². The quantitative estimate of drug-likeness (QED) is 0.754. The molecule has 3 N–H and O–H groups in total. The average molecular weight is 403 g/mol. The Balaban J connectivity index is 1.35. The van der Waals surface area contributed by atoms with E-state index in [-0.39, 0.29) is 0 Å². The fourth-order valence-electron chi connectivity index (χ4n) is 8.21. The minimum atomic E-state index is 0.437. The summed E-state index contributed by atoms with van der Waals surface area (Å²) >= 11 is 6.22. The number of rotatable bonds is 5. The molecule has 4 bridgehead atoms. The summed E-state index contributed by atoms with van der Waals surface area (Å²) in [5, 5.41) is 3.71. The van der Waals surface area contributed by atoms with Crippen LogP contribution in [0.4, 0.5) is 0 Å². The highest BCUT2D eigenvalue weighted by Crippen LogP contribution is 2.66. The van der Waals surface area contributed by atoms with Crippen molar-refractivity contribution in [3.8, 4) is 0 Å². The summed E-state index contributed by atoms with van der Waals surface area (Å²) in [4.78, 5) is 1.81. The number of piperidine rings is 1. The number of nitrogens with two attached hydrogens (primary N) is 1. The number of hydrogen-bond donors (Lipinski definition) is 2. The second-order valence-corrected chi connectivity index (χ2v) is 11.5. The number of halogens is 1. The van der Waals surface area contributed by atoms with Gasteiger partial charge in [-0.05, 0) is 87.3 Å². The van der Waals surface area contributed by atoms with Crippen LogP contribution in [-0.4, -0.2) is 31.7 Å². The molecule has 5 atom stereocenters. The van der Waals surface area contributed by atoms with Crippen LogP contribution in [-0.2, 0) is 5.41 Å². The number of likely N-dealkylation sites (tertiary alicyclic amines) is 1. The third-order valence-electron chi connectivity index (χ3n) is 9.33. The van der Waals surface area contributed by atoms with E-state index in [1.165, 1.54) is 71.0 Å². The average Bonchev–Trinajstić information content (AvgIpc) is 2.68. The zero-order chi connectivity index (χ0) is 19.4. The summed E-state index contributed by atoms with van der Waals surface area (Å²) in [6, 6.07) is 10.6. The summed E-state index contributed by atoms with van der Waals surface area (Å²) < 4.78 is 0. The molecule has 6 rings (SSSR count). The summed E-state index contributed by atoms with van der Waals surface area (Å²) in [6.07, 6.45) is 11.6. The first-order chi connectivity index (χ1) is 13.5. The lowest BCUT2D eigenvalue weighted by molar-refractivity contribution is -0.912. The first-order valence-electron chi connectivity index (χ1n) is 11.9. The summed E-state index contributed by atoms with van der Waals surface area (Å²) in [6.45, 7) is 9.00. The van der Waals surface area contributed by atoms with Gasteiger partial charge in [-0.2, -0.15) is 0 Å². The maximum absolute atomic E-state index is 6.22. The lowest BCUT2D eigenvalue weighted by Gasteiger charge is -2.63. The van der Waals surface area contributed by atoms with Gasteiger partial charge >= 0.3 is 0 Å². The monoisotopic (exact) mass is 402 g/mol. The van der Waals surface area contributed by atoms with Gasteiger partial charge in [0.15, 0.2) is 0 Å². The van der Waals surface area contributed by atoms with Gasteiger partial charge in [-0.1, -0.05) is 23.7 Å². The van der Waals surface area contributed by atoms with Crippen LogP contribution in [0.1, 0.15) is 70.8 Å². The normalized spacial score (nSPS) is 43.2. The van der Waals surface area contributed by atoms with Gasteiger partial charge in [0.05, 0.1) is 31.7 Å². The zero-order valence-electron chi connectivity index (χ0n) is 17.9. The molecule has 1 aromatic rings. The molecular formula is C25H39ClN2+2. The van der Waals surface area contributed by atoms with Gasteiger partial charge in [0.1, 0.15) is 0 Å². The number of nitrogens with one attached hydrogen (secondary N) is 1. The lowest BCUT2D eigenvalue weighted by atomic mass is 9.41. The van der Waals surface area contributed by atoms with Gasteiger partial charge in [0.25, 0.3) is 0 Å². The van der Waals surface area contributed by atoms with Gasteiger partial charge in [-0.3, -0.25) is 0 Å². The van der Waals surface area contributed by atoms with Crippen molar-refractivity contribution in [2.75, 3.05) is 19.6 Å². The van der Waals surface area contributed by atoms with Gasteiger partial charge < -0.3 is 10.2 Å². The predicted molar refractivity (Wildman–Crippen MR) is 116 cm³/mol. The minimum absolute atomic E-state index is 0.437. The summed E-state index contributed by atoms with van der Waals surface area (Å²) in [7, 11) is 0. The second kappa shape index (κ2) is 7.29. The molecule has 1 aliphatic heterocycles. The van der Waals surface area contributed by atoms with E-state index in [1.54, 1.807) is 5.56 Å². The van der Waals surface area contributed by atoms with Crippen molar-refractivity contribution in [2.24, 2.45) is 17.3 Å². The summed E-state index contributed by atoms with van der Waals surface area (Å²) in [5.74, 6) is 1.92. The van der Waals surface area contributed by atoms with Gasteiger partial charge in [-0.25, -0.2) is 0 Å². The van der Waals surface area contributed by atoms with Crippen molar-refractivity contribution in [3.63, 3.8) is 0 Å². The Bertz CT molecular complexity index is 677. The van der Waals surface area contributed by atoms with Crippen LogP contribution < -0.4 is 10.2 Å². The van der Waals surface area contributed by atoms with Crippen molar-refractivity contribution in [1.29, 1.82) is 0 Å². The molecule has 0 amide bonds. The molecular weight excluding hydrogens is 364 g/mol. The molecule has 2 unspecified atom stereocenters. The topological polar surface area (TPSA) is 21.1 Å². The molecule has 4 saturated carbocycles. The van der Waals surface area contributed by atoms with Crippen LogP contribution in [0.3, 0.4) is 0 Å². The largest absolute Gasteiger partial charge is 0.341 e. The Hall–Kier alpha value is -0.570. The van der Waals surface area contributed by atoms with E-state index in [0.29, 0.717) is 10.8 Å². The number of quaternary nitrogens is 2. The second-order valence-electron chi connectivity index (χ2n) is 11.0. The smallest absolute Gasteiger partial charge is 0.0969 e. The molecule has 154 valence electrons. The van der Waals surface area contributed by atoms with Crippen LogP contribution in [0, 0.1) is 17.3 Å². The highest BCUT2D eigenvalue weighted by molar-refractivity contribution is 6.30. The molecule has 1 saturated heterocycles. The zero-order valence-corrected chi connectivity index (χ0v) is 18.6. The molecule has 1 aromatic carbocycles. The number of hydrogen-bond acceptors (Lipinski definition) is 0. The van der Waals surface area contributed by atoms with Gasteiger partial charge in [-0.15, -0.1) is 0 Å². The Kier molecular flexibility index (Phi) is 5.05. The van der Waals surface area contributed by atoms with Crippen molar-refractivity contribution < 1.29 is 10.2 Å². The Labute approximate surface area is 176 Å². The Morgan fingerprint density at radius 1 is 1.07 bits per heavy atom. The molecule has 2 nitrogen and oxygen atoms in total. The molecule has 3 heteroatoms. The van der Waals surface area contributed by atoms with E-state index in [2.05, 4.69) is 43.4 Å². The van der Waals surface area contributed by atoms with Gasteiger partial charge in [0.2, 0.25) is 0 Å². The first-order valence-corrected chi connectivity index (χ1v) is 12.3. The minimum Gasteiger partial charge on any atom is -0.341 e. The van der Waals surface area contributed by atoms with E-state index >= 15 is 0 Å². The van der Waals surface area contributed by atoms with Gasteiger partial charge in [0, 0.05) is 23.3 Å². The fraction of sp³-hybridized carbons (Fsp3) is 0.760. The van der Waals surface area contributed by atoms with E-state index < -0.39 is 0 Å². The van der Waals surface area contributed by atoms with Crippen LogP contribution in [0.15, 0.2) is 24.3 Å². The van der Waals surface area contributed by atoms with E-state index in [0.717, 1.165) is 28.9 Å². The maximum Gasteiger partial charge on any atom is 0.0969 e. The molecule has 5 fully saturated rings. The standard InChI is InChI=1S/C25H37ClN2/c1-3-28-10-8-23(9-11-28)27-18(2)24-13-19-12-20(14-24)16-25(15-19,17-24)21-4-6-22(26)7-5-21/h4-7,18-20,23,27H,3,8-17H2,1-2H3/p+2/t18-,19-,20+,24?,25?/m1/s1. The third-order valence-corrected chi connectivity index (χ3v) is 9.58. The highest BCUT2D eigenvalue weighted by Gasteiger charge is 2.61. The molecule has 0 aromatic heterocycles. The van der Waals surface area contributed by atoms with Crippen molar-refractivity contribution in [1.82, 2.24) is 0 Å². The van der Waals surface area contributed by atoms with E-state index in [9.17, 15) is 0 Å². The predicted octanol–water partition coefficient (Wildman–Crippen LogP) is 3.20. The third kappa shape index (κ3) is 3.34. The van der Waals surface area contributed by atoms with Crippen molar-refractivity contribution in [3.05, 3.63) is 34.9 Å². The Morgan fingerprint density at radius 2 is 1.71 bits per heavy atom. The SMILES string of the molecule is CC[NH+]1CCC([NH2+][C@H](C)C23C[C@@H]4C[C@@H](CC(c5ccc(Cl)cc5)(C4)C2)C3)CC1. The van der Waals surface area contributed by atoms with Crippen molar-refractivity contribution in [2.45, 2.75) is 82.7 Å². The molecule has 0 radical (unpaired) electrons. The van der Waals surface area contributed by atoms with Crippen molar-refractivity contribution >= 4 is 11.6 Å². The first kappa shape index (κ1) is 19.4. The number of benzene rings is 1. The molecule has 4 aliphatic carbocycles. The fourth-order valence-corrected chi connectivity index (χ4v) is 8.34. The summed E-state index contributed by atoms with van der Waals surface area (Å²) in [5.41, 5.74) is 2.59. The van der Waals surface area contributed by atoms with E-state index in [1.807, 2.05) is 4.90 Å². The maximum atomic E-state index is 6.22. The van der Waals surface area contributed by atoms with Crippen LogP contribution in [0.2, 0.25) is 5.02 Å². The van der Waals surface area contributed by atoms with Crippen LogP contribution in [0.25, 0.3) is 0 Å². The lowest BCUT2D eigenvalue weighted by Crippen LogP contribution is -3.15. The van der Waals surface area contributed by atoms with Crippen LogP contribution in [0.5, 0.6) is 0 Å². The molecule has 28 heavy (non-hydrogen) atoms. The highest BCUT2D eigenvalue weighted by atomic mass is 35.5. The molecule has 0 spiro atoms.